The van der Waals surface area contributed by atoms with Crippen molar-refractivity contribution in [1.82, 2.24) is 9.97 Å². The largest absolute Gasteiger partial charge is 0.434 e. The second-order valence-electron chi connectivity index (χ2n) is 7.72. The van der Waals surface area contributed by atoms with E-state index in [0.717, 1.165) is 0 Å². The molecule has 14 heteroatoms. The van der Waals surface area contributed by atoms with E-state index in [9.17, 15) is 0 Å². The highest BCUT2D eigenvalue weighted by molar-refractivity contribution is 6.32. The lowest BCUT2D eigenvalue weighted by atomic mass is 9.91. The number of hydrogen-bond donors (Lipinski definition) is 0. The van der Waals surface area contributed by atoms with Crippen LogP contribution in [0.1, 0.15) is 0 Å². The summed E-state index contributed by atoms with van der Waals surface area (Å²) in [6, 6.07) is 5.62. The van der Waals surface area contributed by atoms with Crippen molar-refractivity contribution in [2.75, 3.05) is 0 Å². The van der Waals surface area contributed by atoms with Crippen molar-refractivity contribution in [2.24, 2.45) is 0 Å². The molecule has 6 rings (SSSR count). The summed E-state index contributed by atoms with van der Waals surface area (Å²) in [5.74, 6) is -10.9. The maximum absolute atomic E-state index is 15.6. The van der Waals surface area contributed by atoms with E-state index in [1.54, 1.807) is 0 Å². The van der Waals surface area contributed by atoms with Crippen LogP contribution in [0.3, 0.4) is 0 Å². The Hall–Kier alpha value is -5.86. The average molecular weight is 518 g/mol. The van der Waals surface area contributed by atoms with Crippen LogP contribution in [0.2, 0.25) is 0 Å². The molecule has 0 unspecified atom stereocenters. The Kier molecular flexibility index (Phi) is 4.36. The molecule has 0 aliphatic heterocycles. The van der Waals surface area contributed by atoms with Gasteiger partial charge in [-0.1, -0.05) is 0 Å². The van der Waals surface area contributed by atoms with Crippen LogP contribution in [0.4, 0.5) is 26.3 Å². The topological polar surface area (TPSA) is 147 Å². The van der Waals surface area contributed by atoms with Gasteiger partial charge in [-0.15, -0.1) is 0 Å². The third kappa shape index (κ3) is 2.45. The van der Waals surface area contributed by atoms with Crippen LogP contribution in [0, 0.1) is 80.2 Å². The monoisotopic (exact) mass is 518 g/mol. The van der Waals surface area contributed by atoms with Crippen LogP contribution in [0.25, 0.3) is 65.7 Å². The molecule has 0 aliphatic rings. The smallest absolute Gasteiger partial charge is 0.249 e. The van der Waals surface area contributed by atoms with Gasteiger partial charge >= 0.3 is 0 Å². The van der Waals surface area contributed by atoms with E-state index in [0.29, 0.717) is 0 Å². The molecule has 38 heavy (non-hydrogen) atoms. The van der Waals surface area contributed by atoms with Gasteiger partial charge in [-0.3, -0.25) is 0 Å². The standard InChI is InChI=1S/C24F6N6O2/c25-13-9-7-8-10(18(30)20-22(12(8)16(13)28)38-24(36-20)6(3-33)4-34)14(26)15(27)11(7)21-19(17(9)29)35-23(37-21)5(1-31)2-32. The normalized spacial score (nSPS) is 11.3. The second-order valence-corrected chi connectivity index (χ2v) is 7.72. The van der Waals surface area contributed by atoms with Crippen molar-refractivity contribution in [2.45, 2.75) is 0 Å². The zero-order valence-electron chi connectivity index (χ0n) is 17.8. The number of aromatic nitrogens is 2. The van der Waals surface area contributed by atoms with E-state index < -0.39 is 112 Å². The summed E-state index contributed by atoms with van der Waals surface area (Å²) in [5, 5.41) is 30.1. The van der Waals surface area contributed by atoms with Gasteiger partial charge in [0.15, 0.2) is 57.2 Å². The number of benzene rings is 4. The minimum atomic E-state index is -1.93. The molecule has 180 valence electrons. The third-order valence-corrected chi connectivity index (χ3v) is 5.95. The fourth-order valence-corrected chi connectivity index (χ4v) is 4.44. The highest BCUT2D eigenvalue weighted by atomic mass is 19.2. The molecule has 0 amide bonds. The van der Waals surface area contributed by atoms with Crippen molar-refractivity contribution in [3.63, 3.8) is 0 Å². The number of hydrogen-bond acceptors (Lipinski definition) is 8. The SMILES string of the molecule is N#CC(C#N)=c1nc2c(F)c3c(F)c(F)c4c5oc(=C(C#N)C#N)nc5c(F)c5c(F)c(F)c(c2o1)c3c54. The second kappa shape index (κ2) is 7.33. The quantitative estimate of drug-likeness (QED) is 0.216. The fraction of sp³-hybridized carbons (Fsp3) is 0. The Bertz CT molecular complexity index is 2210. The molecule has 0 atom stereocenters. The van der Waals surface area contributed by atoms with Gasteiger partial charge in [-0.25, -0.2) is 36.3 Å². The molecule has 2 aromatic heterocycles. The molecule has 0 aliphatic carbocycles. The molecule has 2 heterocycles. The predicted octanol–water partition coefficient (Wildman–Crippen LogP) is 4.10. The van der Waals surface area contributed by atoms with Crippen molar-refractivity contribution in [3.8, 4) is 24.3 Å². The number of nitrogens with zero attached hydrogens (tertiary/aromatic N) is 6. The minimum Gasteiger partial charge on any atom is -0.434 e. The van der Waals surface area contributed by atoms with Gasteiger partial charge in [0.25, 0.3) is 0 Å². The molecule has 0 N–H and O–H groups in total. The maximum Gasteiger partial charge on any atom is 0.249 e. The van der Waals surface area contributed by atoms with Crippen molar-refractivity contribution in [3.05, 3.63) is 46.0 Å². The zero-order chi connectivity index (χ0) is 27.2. The summed E-state index contributed by atoms with van der Waals surface area (Å²) in [6.45, 7) is 0. The van der Waals surface area contributed by atoms with Gasteiger partial charge in [-0.05, 0) is 0 Å². The summed E-state index contributed by atoms with van der Waals surface area (Å²) in [7, 11) is 0. The van der Waals surface area contributed by atoms with E-state index >= 15 is 26.3 Å². The Morgan fingerprint density at radius 2 is 0.789 bits per heavy atom. The molecular weight excluding hydrogens is 518 g/mol. The van der Waals surface area contributed by atoms with Crippen LogP contribution < -0.4 is 11.1 Å². The first-order chi connectivity index (χ1) is 18.2. The number of oxazole rings is 2. The summed E-state index contributed by atoms with van der Waals surface area (Å²) in [4.78, 5) is 7.12. The van der Waals surface area contributed by atoms with Gasteiger partial charge in [0, 0.05) is 10.8 Å². The van der Waals surface area contributed by atoms with Crippen molar-refractivity contribution < 1.29 is 35.2 Å². The van der Waals surface area contributed by atoms with Gasteiger partial charge < -0.3 is 8.83 Å². The molecule has 0 fully saturated rings. The predicted molar refractivity (Wildman–Crippen MR) is 114 cm³/mol. The number of halogens is 6. The third-order valence-electron chi connectivity index (χ3n) is 5.95. The number of nitriles is 4. The molecule has 0 spiro atoms. The first-order valence-corrected chi connectivity index (χ1v) is 9.99. The summed E-state index contributed by atoms with van der Waals surface area (Å²) in [5.41, 5.74) is -6.88. The van der Waals surface area contributed by atoms with Crippen LogP contribution in [0.5, 0.6) is 0 Å². The Morgan fingerprint density at radius 3 is 1.11 bits per heavy atom. The number of rotatable bonds is 0. The van der Waals surface area contributed by atoms with Gasteiger partial charge in [0.2, 0.25) is 11.1 Å². The molecule has 4 aromatic carbocycles. The van der Waals surface area contributed by atoms with Crippen molar-refractivity contribution in [1.29, 1.82) is 21.0 Å². The number of fused-ring (bicyclic) bond motifs is 4. The van der Waals surface area contributed by atoms with E-state index in [-0.39, 0.29) is 0 Å². The Morgan fingerprint density at radius 1 is 0.474 bits per heavy atom. The molecule has 6 aromatic rings. The van der Waals surface area contributed by atoms with Gasteiger partial charge in [0.05, 0.1) is 21.5 Å². The lowest BCUT2D eigenvalue weighted by Gasteiger charge is -2.15. The van der Waals surface area contributed by atoms with Crippen molar-refractivity contribution >= 4 is 65.7 Å². The summed E-state index contributed by atoms with van der Waals surface area (Å²) in [6.07, 6.45) is 0. The van der Waals surface area contributed by atoms with Crippen LogP contribution in [-0.4, -0.2) is 9.97 Å². The summed E-state index contributed by atoms with van der Waals surface area (Å²) < 4.78 is 103. The average Bonchev–Trinajstić information content (AvgIpc) is 3.53. The maximum atomic E-state index is 15.6. The van der Waals surface area contributed by atoms with E-state index in [1.807, 2.05) is 0 Å². The lowest BCUT2D eigenvalue weighted by Crippen LogP contribution is -2.04. The highest BCUT2D eigenvalue weighted by Crippen LogP contribution is 2.47. The van der Waals surface area contributed by atoms with Gasteiger partial charge in [-0.2, -0.15) is 21.0 Å². The molecule has 8 nitrogen and oxygen atoms in total. The van der Waals surface area contributed by atoms with Crippen LogP contribution in [-0.2, 0) is 0 Å². The molecule has 0 saturated carbocycles. The first kappa shape index (κ1) is 22.6. The highest BCUT2D eigenvalue weighted by Gasteiger charge is 2.34. The minimum absolute atomic E-state index is 0.793. The Labute approximate surface area is 202 Å². The fourth-order valence-electron chi connectivity index (χ4n) is 4.44. The van der Waals surface area contributed by atoms with E-state index in [4.69, 9.17) is 29.9 Å². The first-order valence-electron chi connectivity index (χ1n) is 9.99. The molecule has 0 saturated heterocycles. The van der Waals surface area contributed by atoms with E-state index in [1.165, 1.54) is 24.3 Å². The molecule has 0 radical (unpaired) electrons. The molecular formula is C24F6N6O2. The van der Waals surface area contributed by atoms with Gasteiger partial charge in [0.1, 0.15) is 35.3 Å². The summed E-state index contributed by atoms with van der Waals surface area (Å²) >= 11 is 0. The van der Waals surface area contributed by atoms with Crippen LogP contribution in [0.15, 0.2) is 8.83 Å². The molecule has 0 bridgehead atoms. The van der Waals surface area contributed by atoms with Crippen LogP contribution >= 0.6 is 0 Å². The Balaban J connectivity index is 2.06. The zero-order valence-corrected chi connectivity index (χ0v) is 17.8. The lowest BCUT2D eigenvalue weighted by molar-refractivity contribution is 0.512. The van der Waals surface area contributed by atoms with E-state index in [2.05, 4.69) is 9.97 Å².